The van der Waals surface area contributed by atoms with Crippen molar-refractivity contribution in [3.05, 3.63) is 60.0 Å². The first-order chi connectivity index (χ1) is 15.1. The molecule has 0 bridgehead atoms. The SMILES string of the molecule is COc1ccccc1CCNc1cc(-c2cnc(NCCC(C)C)c(C=N)c2)ncn1. The fraction of sp³-hybridized carbons (Fsp3) is 0.333. The van der Waals surface area contributed by atoms with E-state index in [-0.39, 0.29) is 0 Å². The lowest BCUT2D eigenvalue weighted by Gasteiger charge is -2.12. The van der Waals surface area contributed by atoms with Gasteiger partial charge in [-0.3, -0.25) is 0 Å². The molecule has 0 saturated heterocycles. The van der Waals surface area contributed by atoms with Gasteiger partial charge in [-0.25, -0.2) is 15.0 Å². The Morgan fingerprint density at radius 3 is 2.68 bits per heavy atom. The molecule has 0 radical (unpaired) electrons. The van der Waals surface area contributed by atoms with Gasteiger partial charge in [0.25, 0.3) is 0 Å². The average Bonchev–Trinajstić information content (AvgIpc) is 2.79. The summed E-state index contributed by atoms with van der Waals surface area (Å²) in [7, 11) is 1.69. The summed E-state index contributed by atoms with van der Waals surface area (Å²) < 4.78 is 5.41. The van der Waals surface area contributed by atoms with Crippen molar-refractivity contribution in [2.45, 2.75) is 26.7 Å². The highest BCUT2D eigenvalue weighted by Crippen LogP contribution is 2.23. The van der Waals surface area contributed by atoms with Crippen molar-refractivity contribution in [2.75, 3.05) is 30.8 Å². The van der Waals surface area contributed by atoms with Crippen molar-refractivity contribution in [3.8, 4) is 17.0 Å². The van der Waals surface area contributed by atoms with E-state index in [1.54, 1.807) is 19.6 Å². The summed E-state index contributed by atoms with van der Waals surface area (Å²) in [4.78, 5) is 13.2. The summed E-state index contributed by atoms with van der Waals surface area (Å²) in [6.07, 6.45) is 6.52. The lowest BCUT2D eigenvalue weighted by molar-refractivity contribution is 0.410. The molecule has 3 rings (SSSR count). The lowest BCUT2D eigenvalue weighted by atomic mass is 10.1. The second-order valence-electron chi connectivity index (χ2n) is 7.69. The number of benzene rings is 1. The molecule has 0 fully saturated rings. The van der Waals surface area contributed by atoms with Gasteiger partial charge in [-0.1, -0.05) is 32.0 Å². The molecule has 0 aliphatic carbocycles. The zero-order chi connectivity index (χ0) is 22.1. The topological polar surface area (TPSA) is 95.8 Å². The van der Waals surface area contributed by atoms with Crippen LogP contribution in [0, 0.1) is 11.3 Å². The highest BCUT2D eigenvalue weighted by Gasteiger charge is 2.08. The molecule has 2 aromatic heterocycles. The zero-order valence-electron chi connectivity index (χ0n) is 18.4. The first kappa shape index (κ1) is 22.2. The molecule has 7 heteroatoms. The minimum Gasteiger partial charge on any atom is -0.496 e. The fourth-order valence-electron chi connectivity index (χ4n) is 3.21. The Kier molecular flexibility index (Phi) is 7.92. The van der Waals surface area contributed by atoms with E-state index in [0.29, 0.717) is 5.92 Å². The van der Waals surface area contributed by atoms with Crippen molar-refractivity contribution in [1.29, 1.82) is 5.41 Å². The molecule has 2 heterocycles. The van der Waals surface area contributed by atoms with Crippen LogP contribution in [-0.2, 0) is 6.42 Å². The van der Waals surface area contributed by atoms with Gasteiger partial charge in [0.2, 0.25) is 0 Å². The van der Waals surface area contributed by atoms with Crippen molar-refractivity contribution in [1.82, 2.24) is 15.0 Å². The number of hydrogen-bond donors (Lipinski definition) is 3. The molecule has 0 atom stereocenters. The molecular formula is C24H30N6O. The van der Waals surface area contributed by atoms with Gasteiger partial charge in [-0.15, -0.1) is 0 Å². The number of methoxy groups -OCH3 is 1. The van der Waals surface area contributed by atoms with Crippen LogP contribution in [0.3, 0.4) is 0 Å². The van der Waals surface area contributed by atoms with Gasteiger partial charge in [-0.05, 0) is 36.5 Å². The van der Waals surface area contributed by atoms with Crippen LogP contribution in [0.1, 0.15) is 31.4 Å². The molecule has 0 spiro atoms. The first-order valence-electron chi connectivity index (χ1n) is 10.5. The number of anilines is 2. The summed E-state index contributed by atoms with van der Waals surface area (Å²) in [6, 6.07) is 11.8. The molecule has 0 saturated carbocycles. The normalized spacial score (nSPS) is 10.7. The molecule has 3 aromatic rings. The Balaban J connectivity index is 1.67. The summed E-state index contributed by atoms with van der Waals surface area (Å²) >= 11 is 0. The Hall–Kier alpha value is -3.48. The van der Waals surface area contributed by atoms with Crippen LogP contribution in [0.25, 0.3) is 11.3 Å². The van der Waals surface area contributed by atoms with Crippen LogP contribution in [0.15, 0.2) is 48.9 Å². The third-order valence-corrected chi connectivity index (χ3v) is 4.94. The first-order valence-corrected chi connectivity index (χ1v) is 10.5. The van der Waals surface area contributed by atoms with Gasteiger partial charge in [0.1, 0.15) is 23.7 Å². The predicted octanol–water partition coefficient (Wildman–Crippen LogP) is 4.66. The third kappa shape index (κ3) is 6.25. The quantitative estimate of drug-likeness (QED) is 0.392. The summed E-state index contributed by atoms with van der Waals surface area (Å²) in [5.41, 5.74) is 3.50. The standard InChI is InChI=1S/C24H30N6O/c1-17(2)8-10-27-24-19(14-25)12-20(15-28-24)21-13-23(30-16-29-21)26-11-9-18-6-4-5-7-22(18)31-3/h4-7,12-17,25H,8-11H2,1-3H3,(H,27,28)(H,26,29,30). The lowest BCUT2D eigenvalue weighted by Crippen LogP contribution is -2.09. The monoisotopic (exact) mass is 418 g/mol. The number of rotatable bonds is 11. The van der Waals surface area contributed by atoms with E-state index in [1.807, 2.05) is 30.3 Å². The van der Waals surface area contributed by atoms with Gasteiger partial charge in [-0.2, -0.15) is 0 Å². The second-order valence-corrected chi connectivity index (χ2v) is 7.69. The summed E-state index contributed by atoms with van der Waals surface area (Å²) in [6.45, 7) is 5.93. The van der Waals surface area contributed by atoms with Gasteiger partial charge < -0.3 is 20.8 Å². The van der Waals surface area contributed by atoms with Gasteiger partial charge >= 0.3 is 0 Å². The molecule has 0 amide bonds. The van der Waals surface area contributed by atoms with E-state index in [1.165, 1.54) is 6.21 Å². The molecular weight excluding hydrogens is 388 g/mol. The number of aromatic nitrogens is 3. The molecule has 0 aliphatic heterocycles. The van der Waals surface area contributed by atoms with Crippen LogP contribution in [0.4, 0.5) is 11.6 Å². The maximum atomic E-state index is 7.75. The Labute approximate surface area is 183 Å². The molecule has 0 unspecified atom stereocenters. The molecule has 0 aliphatic rings. The number of para-hydroxylation sites is 1. The highest BCUT2D eigenvalue weighted by molar-refractivity contribution is 5.86. The zero-order valence-corrected chi connectivity index (χ0v) is 18.4. The third-order valence-electron chi connectivity index (χ3n) is 4.94. The van der Waals surface area contributed by atoms with Crippen molar-refractivity contribution in [3.63, 3.8) is 0 Å². The Morgan fingerprint density at radius 2 is 1.90 bits per heavy atom. The number of hydrogen-bond acceptors (Lipinski definition) is 7. The number of nitrogens with one attached hydrogen (secondary N) is 3. The fourth-order valence-corrected chi connectivity index (χ4v) is 3.21. The average molecular weight is 419 g/mol. The second kappa shape index (κ2) is 11.1. The van der Waals surface area contributed by atoms with Crippen LogP contribution in [0.2, 0.25) is 0 Å². The van der Waals surface area contributed by atoms with Crippen molar-refractivity contribution >= 4 is 17.9 Å². The maximum absolute atomic E-state index is 7.75. The van der Waals surface area contributed by atoms with Gasteiger partial charge in [0.05, 0.1) is 12.8 Å². The van der Waals surface area contributed by atoms with Crippen LogP contribution in [-0.4, -0.2) is 41.4 Å². The molecule has 1 aromatic carbocycles. The number of nitrogens with zero attached hydrogens (tertiary/aromatic N) is 3. The van der Waals surface area contributed by atoms with E-state index in [0.717, 1.165) is 65.7 Å². The van der Waals surface area contributed by atoms with E-state index < -0.39 is 0 Å². The van der Waals surface area contributed by atoms with E-state index >= 15 is 0 Å². The van der Waals surface area contributed by atoms with E-state index in [2.05, 4.69) is 45.5 Å². The van der Waals surface area contributed by atoms with E-state index in [9.17, 15) is 0 Å². The Morgan fingerprint density at radius 1 is 1.06 bits per heavy atom. The molecule has 3 N–H and O–H groups in total. The summed E-state index contributed by atoms with van der Waals surface area (Å²) in [5, 5.41) is 14.4. The minimum atomic E-state index is 0.616. The largest absolute Gasteiger partial charge is 0.496 e. The van der Waals surface area contributed by atoms with Crippen LogP contribution < -0.4 is 15.4 Å². The van der Waals surface area contributed by atoms with Crippen molar-refractivity contribution in [2.24, 2.45) is 5.92 Å². The van der Waals surface area contributed by atoms with Crippen molar-refractivity contribution < 1.29 is 4.74 Å². The van der Waals surface area contributed by atoms with Gasteiger partial charge in [0, 0.05) is 42.7 Å². The smallest absolute Gasteiger partial charge is 0.134 e. The maximum Gasteiger partial charge on any atom is 0.134 e. The van der Waals surface area contributed by atoms with Gasteiger partial charge in [0.15, 0.2) is 0 Å². The number of ether oxygens (including phenoxy) is 1. The molecule has 31 heavy (non-hydrogen) atoms. The van der Waals surface area contributed by atoms with E-state index in [4.69, 9.17) is 10.1 Å². The molecule has 162 valence electrons. The Bertz CT molecular complexity index is 1000. The predicted molar refractivity (Wildman–Crippen MR) is 126 cm³/mol. The van der Waals surface area contributed by atoms with Crippen LogP contribution >= 0.6 is 0 Å². The number of pyridine rings is 1. The molecule has 7 nitrogen and oxygen atoms in total. The highest BCUT2D eigenvalue weighted by atomic mass is 16.5. The summed E-state index contributed by atoms with van der Waals surface area (Å²) in [5.74, 6) is 2.98. The van der Waals surface area contributed by atoms with Crippen LogP contribution in [0.5, 0.6) is 5.75 Å². The minimum absolute atomic E-state index is 0.616.